The molecule has 0 atom stereocenters. The summed E-state index contributed by atoms with van der Waals surface area (Å²) in [7, 11) is 0. The predicted molar refractivity (Wildman–Crippen MR) is 27.9 cm³/mol. The van der Waals surface area contributed by atoms with E-state index >= 15 is 0 Å². The van der Waals surface area contributed by atoms with E-state index in [0.29, 0.717) is 12.8 Å². The molecule has 38 valence electrons. The van der Waals surface area contributed by atoms with Crippen LogP contribution in [-0.4, -0.2) is 6.61 Å². The fourth-order valence-electron chi connectivity index (χ4n) is 0.228. The van der Waals surface area contributed by atoms with Gasteiger partial charge in [-0.2, -0.15) is 0 Å². The highest BCUT2D eigenvalue weighted by Crippen LogP contribution is 1.71. The Morgan fingerprint density at radius 3 is 2.57 bits per heavy atom. The van der Waals surface area contributed by atoms with Crippen molar-refractivity contribution in [2.45, 2.75) is 12.8 Å². The fraction of sp³-hybridized carbons (Fsp3) is 0.500. The molecule has 0 aliphatic rings. The highest BCUT2D eigenvalue weighted by Gasteiger charge is 1.69. The number of rotatable bonds is 1. The van der Waals surface area contributed by atoms with Crippen LogP contribution in [0.15, 0.2) is 0 Å². The van der Waals surface area contributed by atoms with Gasteiger partial charge >= 0.3 is 0 Å². The Balaban J connectivity index is 2.91. The molecule has 0 bridgehead atoms. The van der Waals surface area contributed by atoms with Crippen LogP contribution in [0.5, 0.6) is 0 Å². The van der Waals surface area contributed by atoms with Crippen molar-refractivity contribution in [1.82, 2.24) is 0 Å². The zero-order valence-corrected chi connectivity index (χ0v) is 4.24. The molecule has 0 aliphatic heterocycles. The summed E-state index contributed by atoms with van der Waals surface area (Å²) in [6.07, 6.45) is 1.08. The van der Waals surface area contributed by atoms with Crippen molar-refractivity contribution in [1.29, 1.82) is 0 Å². The van der Waals surface area contributed by atoms with Crippen LogP contribution in [0.3, 0.4) is 0 Å². The fourth-order valence-corrected chi connectivity index (χ4v) is 0.228. The third kappa shape index (κ3) is 5.52. The predicted octanol–water partition coefficient (Wildman–Crippen LogP) is 1.03. The Kier molecular flexibility index (Phi) is 5.14. The highest BCUT2D eigenvalue weighted by atomic mass is 16.2. The quantitative estimate of drug-likeness (QED) is 0.434. The lowest BCUT2D eigenvalue weighted by Crippen LogP contribution is -1.72. The Labute approximate surface area is 44.4 Å². The molecular weight excluding hydrogens is 88.1 g/mol. The van der Waals surface area contributed by atoms with Crippen LogP contribution < -0.4 is 0 Å². The van der Waals surface area contributed by atoms with Gasteiger partial charge in [0.25, 0.3) is 0 Å². The first-order valence-corrected chi connectivity index (χ1v) is 2.25. The van der Waals surface area contributed by atoms with Gasteiger partial charge in [-0.15, -0.1) is 11.8 Å². The van der Waals surface area contributed by atoms with E-state index in [0.717, 1.165) is 0 Å². The van der Waals surface area contributed by atoms with Crippen LogP contribution >= 0.6 is 0 Å². The second kappa shape index (κ2) is 5.52. The highest BCUT2D eigenvalue weighted by molar-refractivity contribution is 4.98. The van der Waals surface area contributed by atoms with E-state index < -0.39 is 0 Å². The molecule has 0 amide bonds. The van der Waals surface area contributed by atoms with Gasteiger partial charge in [-0.05, 0) is 6.92 Å². The lowest BCUT2D eigenvalue weighted by Gasteiger charge is -1.71. The number of hydrogen-bond acceptors (Lipinski definition) is 0. The zero-order chi connectivity index (χ0) is 5.54. The van der Waals surface area contributed by atoms with Crippen LogP contribution in [0.4, 0.5) is 0 Å². The molecule has 0 spiro atoms. The van der Waals surface area contributed by atoms with Crippen LogP contribution in [-0.2, 0) is 5.11 Å². The van der Waals surface area contributed by atoms with Crippen molar-refractivity contribution in [2.75, 3.05) is 6.61 Å². The molecule has 0 N–H and O–H groups in total. The van der Waals surface area contributed by atoms with E-state index in [-0.39, 0.29) is 6.61 Å². The second-order valence-electron chi connectivity index (χ2n) is 1.06. The molecular formula is C6H8O. The Bertz CT molecular complexity index is 75.9. The molecule has 1 nitrogen and oxygen atoms in total. The van der Waals surface area contributed by atoms with Gasteiger partial charge in [0.05, 0.1) is 6.61 Å². The smallest absolute Gasteiger partial charge is 0.0931 e. The van der Waals surface area contributed by atoms with E-state index in [1.807, 2.05) is 0 Å². The minimum atomic E-state index is -0.0903. The molecule has 2 radical (unpaired) electrons. The summed E-state index contributed by atoms with van der Waals surface area (Å²) < 4.78 is 0. The molecule has 7 heavy (non-hydrogen) atoms. The van der Waals surface area contributed by atoms with E-state index in [9.17, 15) is 5.11 Å². The molecule has 0 aromatic carbocycles. The van der Waals surface area contributed by atoms with Crippen molar-refractivity contribution in [3.63, 3.8) is 0 Å². The zero-order valence-electron chi connectivity index (χ0n) is 4.24. The molecule has 0 aromatic heterocycles. The van der Waals surface area contributed by atoms with Gasteiger partial charge in [0.2, 0.25) is 0 Å². The Morgan fingerprint density at radius 2 is 2.14 bits per heavy atom. The third-order valence-corrected chi connectivity index (χ3v) is 0.477. The van der Waals surface area contributed by atoms with E-state index in [1.165, 1.54) is 0 Å². The van der Waals surface area contributed by atoms with Gasteiger partial charge in [0, 0.05) is 12.8 Å². The van der Waals surface area contributed by atoms with Gasteiger partial charge in [0.1, 0.15) is 0 Å². The first-order chi connectivity index (χ1) is 3.41. The molecule has 0 unspecified atom stereocenters. The van der Waals surface area contributed by atoms with Gasteiger partial charge < -0.3 is 0 Å². The summed E-state index contributed by atoms with van der Waals surface area (Å²) in [5.74, 6) is 5.35. The maximum atomic E-state index is 9.68. The van der Waals surface area contributed by atoms with E-state index in [2.05, 4.69) is 18.8 Å². The lowest BCUT2D eigenvalue weighted by molar-refractivity contribution is 0.201. The second-order valence-corrected chi connectivity index (χ2v) is 1.06. The molecule has 0 aromatic rings. The maximum Gasteiger partial charge on any atom is 0.0931 e. The summed E-state index contributed by atoms with van der Waals surface area (Å²) >= 11 is 0. The molecule has 0 rings (SSSR count). The van der Waals surface area contributed by atoms with E-state index in [4.69, 9.17) is 0 Å². The van der Waals surface area contributed by atoms with Crippen molar-refractivity contribution in [3.8, 4) is 11.8 Å². The summed E-state index contributed by atoms with van der Waals surface area (Å²) in [5, 5.41) is 9.68. The van der Waals surface area contributed by atoms with Crippen LogP contribution in [0, 0.1) is 18.8 Å². The molecule has 0 fully saturated rings. The molecule has 0 saturated carbocycles. The Hall–Kier alpha value is -0.480. The van der Waals surface area contributed by atoms with Gasteiger partial charge in [-0.3, -0.25) is 0 Å². The maximum absolute atomic E-state index is 9.68. The normalized spacial score (nSPS) is 7.14. The first kappa shape index (κ1) is 6.52. The average molecular weight is 96.1 g/mol. The summed E-state index contributed by atoms with van der Waals surface area (Å²) in [4.78, 5) is 0. The van der Waals surface area contributed by atoms with Gasteiger partial charge in [-0.1, -0.05) is 0 Å². The monoisotopic (exact) mass is 96.1 g/mol. The SMILES string of the molecule is [CH2]CC#CCC[O]. The largest absolute Gasteiger partial charge is 0.236 e. The van der Waals surface area contributed by atoms with Gasteiger partial charge in [0.15, 0.2) is 0 Å². The first-order valence-electron chi connectivity index (χ1n) is 2.25. The van der Waals surface area contributed by atoms with Crippen molar-refractivity contribution in [3.05, 3.63) is 6.92 Å². The van der Waals surface area contributed by atoms with Crippen molar-refractivity contribution >= 4 is 0 Å². The minimum Gasteiger partial charge on any atom is -0.236 e. The third-order valence-electron chi connectivity index (χ3n) is 0.477. The van der Waals surface area contributed by atoms with Crippen LogP contribution in [0.1, 0.15) is 12.8 Å². The van der Waals surface area contributed by atoms with Gasteiger partial charge in [-0.25, -0.2) is 5.11 Å². The molecule has 0 saturated heterocycles. The van der Waals surface area contributed by atoms with E-state index in [1.54, 1.807) is 0 Å². The molecule has 0 heterocycles. The number of hydrogen-bond donors (Lipinski definition) is 0. The lowest BCUT2D eigenvalue weighted by atomic mass is 10.4. The summed E-state index contributed by atoms with van der Waals surface area (Å²) in [6.45, 7) is 3.39. The Morgan fingerprint density at radius 1 is 1.43 bits per heavy atom. The van der Waals surface area contributed by atoms with Crippen molar-refractivity contribution < 1.29 is 5.11 Å². The molecule has 0 aliphatic carbocycles. The standard InChI is InChI=1S/C6H8O/c1-2-3-4-5-6-7/h1-2,5-6H2. The van der Waals surface area contributed by atoms with Crippen molar-refractivity contribution in [2.24, 2.45) is 0 Å². The topological polar surface area (TPSA) is 19.9 Å². The average Bonchev–Trinajstić information content (AvgIpc) is 1.69. The minimum absolute atomic E-state index is 0.0903. The van der Waals surface area contributed by atoms with Crippen LogP contribution in [0.2, 0.25) is 0 Å². The summed E-state index contributed by atoms with van der Waals surface area (Å²) in [6, 6.07) is 0. The summed E-state index contributed by atoms with van der Waals surface area (Å²) in [5.41, 5.74) is 0. The van der Waals surface area contributed by atoms with Crippen LogP contribution in [0.25, 0.3) is 0 Å². The molecule has 1 heteroatoms.